The van der Waals surface area contributed by atoms with Crippen molar-refractivity contribution in [2.75, 3.05) is 33.9 Å². The predicted molar refractivity (Wildman–Crippen MR) is 70.3 cm³/mol. The van der Waals surface area contributed by atoms with E-state index in [9.17, 15) is 0 Å². The van der Waals surface area contributed by atoms with Crippen LogP contribution < -0.4 is 10.2 Å². The molecule has 0 atom stereocenters. The van der Waals surface area contributed by atoms with Crippen molar-refractivity contribution in [2.24, 2.45) is 0 Å². The molecule has 3 rings (SSSR count). The van der Waals surface area contributed by atoms with E-state index < -0.39 is 0 Å². The molecule has 0 aromatic heterocycles. The highest BCUT2D eigenvalue weighted by Crippen LogP contribution is 2.25. The third-order valence-corrected chi connectivity index (χ3v) is 3.47. The monoisotopic (exact) mass is 247 g/mol. The minimum atomic E-state index is -0.225. The van der Waals surface area contributed by atoms with E-state index in [0.29, 0.717) is 19.8 Å². The standard InChI is InChI=1S/C13H18BNO3/c1-15(2)6-5-10-3-4-12-13-11(10)9-18-14(13)17-8-7-16-12/h3-4H,5-9H2,1-2H3. The summed E-state index contributed by atoms with van der Waals surface area (Å²) in [6.07, 6.45) is 1.03. The van der Waals surface area contributed by atoms with Gasteiger partial charge >= 0.3 is 7.12 Å². The Morgan fingerprint density at radius 3 is 2.94 bits per heavy atom. The third kappa shape index (κ3) is 2.14. The molecule has 0 radical (unpaired) electrons. The van der Waals surface area contributed by atoms with Gasteiger partial charge in [-0.3, -0.25) is 0 Å². The molecule has 0 aliphatic carbocycles. The van der Waals surface area contributed by atoms with Crippen LogP contribution in [-0.2, 0) is 22.3 Å². The van der Waals surface area contributed by atoms with Crippen LogP contribution in [0, 0.1) is 0 Å². The van der Waals surface area contributed by atoms with Crippen molar-refractivity contribution in [1.82, 2.24) is 4.90 Å². The highest BCUT2D eigenvalue weighted by atomic mass is 16.6. The van der Waals surface area contributed by atoms with Crippen LogP contribution in [0.1, 0.15) is 11.1 Å². The van der Waals surface area contributed by atoms with Crippen molar-refractivity contribution in [1.29, 1.82) is 0 Å². The SMILES string of the molecule is CN(C)CCc1ccc2c3c1COB3OCCO2. The molecular weight excluding hydrogens is 229 g/mol. The minimum absolute atomic E-state index is 0.225. The Bertz CT molecular complexity index is 450. The van der Waals surface area contributed by atoms with Crippen LogP contribution in [0.4, 0.5) is 0 Å². The van der Waals surface area contributed by atoms with Crippen LogP contribution in [0.3, 0.4) is 0 Å². The molecule has 4 nitrogen and oxygen atoms in total. The maximum absolute atomic E-state index is 5.72. The zero-order valence-electron chi connectivity index (χ0n) is 10.9. The molecule has 5 heteroatoms. The van der Waals surface area contributed by atoms with Crippen LogP contribution in [0.25, 0.3) is 0 Å². The Kier molecular flexibility index (Phi) is 3.28. The molecule has 2 heterocycles. The summed E-state index contributed by atoms with van der Waals surface area (Å²) in [5.74, 6) is 0.929. The van der Waals surface area contributed by atoms with Gasteiger partial charge in [0.2, 0.25) is 0 Å². The molecule has 0 saturated carbocycles. The molecule has 2 aliphatic rings. The summed E-state index contributed by atoms with van der Waals surface area (Å²) in [6, 6.07) is 4.22. The number of hydrogen-bond donors (Lipinski definition) is 0. The van der Waals surface area contributed by atoms with Crippen LogP contribution in [0.15, 0.2) is 12.1 Å². The fourth-order valence-electron chi connectivity index (χ4n) is 2.50. The zero-order valence-corrected chi connectivity index (χ0v) is 10.9. The van der Waals surface area contributed by atoms with Gasteiger partial charge < -0.3 is 18.9 Å². The van der Waals surface area contributed by atoms with Crippen molar-refractivity contribution in [3.63, 3.8) is 0 Å². The first-order chi connectivity index (χ1) is 8.75. The fourth-order valence-corrected chi connectivity index (χ4v) is 2.50. The molecular formula is C13H18BNO3. The van der Waals surface area contributed by atoms with Gasteiger partial charge in [-0.1, -0.05) is 6.07 Å². The summed E-state index contributed by atoms with van der Waals surface area (Å²) >= 11 is 0. The van der Waals surface area contributed by atoms with E-state index in [4.69, 9.17) is 14.0 Å². The number of ether oxygens (including phenoxy) is 1. The lowest BCUT2D eigenvalue weighted by Crippen LogP contribution is -2.32. The smallest absolute Gasteiger partial charge is 0.492 e. The number of nitrogens with zero attached hydrogens (tertiary/aromatic N) is 1. The van der Waals surface area contributed by atoms with E-state index in [0.717, 1.165) is 24.2 Å². The van der Waals surface area contributed by atoms with E-state index in [1.807, 2.05) is 0 Å². The van der Waals surface area contributed by atoms with E-state index in [2.05, 4.69) is 31.1 Å². The van der Waals surface area contributed by atoms with Gasteiger partial charge in [0.05, 0.1) is 13.2 Å². The summed E-state index contributed by atoms with van der Waals surface area (Å²) in [5, 5.41) is 0. The second-order valence-corrected chi connectivity index (χ2v) is 5.03. The Labute approximate surface area is 108 Å². The Morgan fingerprint density at radius 2 is 2.11 bits per heavy atom. The Balaban J connectivity index is 1.93. The fraction of sp³-hybridized carbons (Fsp3) is 0.538. The lowest BCUT2D eigenvalue weighted by molar-refractivity contribution is 0.179. The van der Waals surface area contributed by atoms with Gasteiger partial charge in [0.1, 0.15) is 12.4 Å². The van der Waals surface area contributed by atoms with Crippen molar-refractivity contribution in [3.05, 3.63) is 23.3 Å². The minimum Gasteiger partial charge on any atom is -0.492 e. The average Bonchev–Trinajstić information content (AvgIpc) is 2.66. The normalized spacial score (nSPS) is 17.6. The highest BCUT2D eigenvalue weighted by molar-refractivity contribution is 6.64. The zero-order chi connectivity index (χ0) is 12.5. The number of rotatable bonds is 3. The number of likely N-dealkylation sites (N-methyl/N-ethyl adjacent to an activating group) is 1. The summed E-state index contributed by atoms with van der Waals surface area (Å²) in [5.41, 5.74) is 3.73. The molecule has 0 amide bonds. The predicted octanol–water partition coefficient (Wildman–Crippen LogP) is 0.425. The highest BCUT2D eigenvalue weighted by Gasteiger charge is 2.37. The van der Waals surface area contributed by atoms with Gasteiger partial charge in [-0.25, -0.2) is 0 Å². The molecule has 1 aromatic rings. The molecule has 18 heavy (non-hydrogen) atoms. The van der Waals surface area contributed by atoms with Gasteiger partial charge in [0.15, 0.2) is 0 Å². The molecule has 0 saturated heterocycles. The maximum atomic E-state index is 5.72. The first-order valence-electron chi connectivity index (χ1n) is 6.41. The Morgan fingerprint density at radius 1 is 1.22 bits per heavy atom. The van der Waals surface area contributed by atoms with Crippen molar-refractivity contribution in [3.8, 4) is 5.75 Å². The lowest BCUT2D eigenvalue weighted by Gasteiger charge is -2.14. The van der Waals surface area contributed by atoms with Gasteiger partial charge in [0.25, 0.3) is 0 Å². The van der Waals surface area contributed by atoms with Crippen LogP contribution in [0.5, 0.6) is 5.75 Å². The summed E-state index contributed by atoms with van der Waals surface area (Å²) < 4.78 is 17.1. The maximum Gasteiger partial charge on any atom is 0.498 e. The second kappa shape index (κ2) is 4.92. The quantitative estimate of drug-likeness (QED) is 0.724. The first kappa shape index (κ1) is 12.0. The van der Waals surface area contributed by atoms with Crippen molar-refractivity contribution in [2.45, 2.75) is 13.0 Å². The van der Waals surface area contributed by atoms with E-state index in [-0.39, 0.29) is 7.12 Å². The summed E-state index contributed by atoms with van der Waals surface area (Å²) in [7, 11) is 3.96. The second-order valence-electron chi connectivity index (χ2n) is 5.03. The summed E-state index contributed by atoms with van der Waals surface area (Å²) in [4.78, 5) is 2.19. The largest absolute Gasteiger partial charge is 0.498 e. The van der Waals surface area contributed by atoms with Gasteiger partial charge in [-0.05, 0) is 37.7 Å². The van der Waals surface area contributed by atoms with Gasteiger partial charge in [-0.15, -0.1) is 0 Å². The van der Waals surface area contributed by atoms with E-state index >= 15 is 0 Å². The van der Waals surface area contributed by atoms with Crippen molar-refractivity contribution >= 4 is 12.6 Å². The molecule has 1 aromatic carbocycles. The van der Waals surface area contributed by atoms with Crippen LogP contribution in [0.2, 0.25) is 0 Å². The molecule has 0 bridgehead atoms. The van der Waals surface area contributed by atoms with Gasteiger partial charge in [0, 0.05) is 12.0 Å². The van der Waals surface area contributed by atoms with Crippen LogP contribution >= 0.6 is 0 Å². The molecule has 0 unspecified atom stereocenters. The molecule has 0 spiro atoms. The first-order valence-corrected chi connectivity index (χ1v) is 6.41. The summed E-state index contributed by atoms with van der Waals surface area (Å²) in [6.45, 7) is 2.87. The van der Waals surface area contributed by atoms with E-state index in [1.165, 1.54) is 11.1 Å². The molecule has 2 aliphatic heterocycles. The third-order valence-electron chi connectivity index (χ3n) is 3.47. The van der Waals surface area contributed by atoms with Gasteiger partial charge in [-0.2, -0.15) is 0 Å². The number of hydrogen-bond acceptors (Lipinski definition) is 4. The average molecular weight is 247 g/mol. The Hall–Kier alpha value is -1.04. The topological polar surface area (TPSA) is 30.9 Å². The lowest BCUT2D eigenvalue weighted by atomic mass is 9.76. The van der Waals surface area contributed by atoms with Crippen molar-refractivity contribution < 1.29 is 14.0 Å². The molecule has 0 N–H and O–H groups in total. The molecule has 96 valence electrons. The van der Waals surface area contributed by atoms with E-state index in [1.54, 1.807) is 0 Å². The number of benzene rings is 1. The van der Waals surface area contributed by atoms with Crippen LogP contribution in [-0.4, -0.2) is 45.9 Å². The molecule has 0 fully saturated rings.